The molecule has 0 bridgehead atoms. The molecule has 0 saturated heterocycles. The summed E-state index contributed by atoms with van der Waals surface area (Å²) in [6.45, 7) is -0.243. The summed E-state index contributed by atoms with van der Waals surface area (Å²) >= 11 is 3.46. The molecule has 1 fully saturated rings. The number of benzene rings is 3. The largest absolute Gasteiger partial charge is 0.493 e. The van der Waals surface area contributed by atoms with Crippen molar-refractivity contribution >= 4 is 44.6 Å². The number of nitrogens with zero attached hydrogens (tertiary/aromatic N) is 3. The van der Waals surface area contributed by atoms with Gasteiger partial charge in [-0.25, -0.2) is 4.98 Å². The Morgan fingerprint density at radius 3 is 2.44 bits per heavy atom. The van der Waals surface area contributed by atoms with Gasteiger partial charge in [-0.1, -0.05) is 53.4 Å². The normalized spacial score (nSPS) is 13.8. The third kappa shape index (κ3) is 6.59. The molecule has 1 aromatic heterocycles. The molecule has 1 aliphatic rings. The summed E-state index contributed by atoms with van der Waals surface area (Å²) in [6, 6.07) is 18.1. The van der Waals surface area contributed by atoms with Crippen LogP contribution in [0.2, 0.25) is 0 Å². The van der Waals surface area contributed by atoms with Crippen molar-refractivity contribution in [3.05, 3.63) is 86.9 Å². The Kier molecular flexibility index (Phi) is 8.98. The van der Waals surface area contributed by atoms with Gasteiger partial charge in [0.25, 0.3) is 11.5 Å². The van der Waals surface area contributed by atoms with E-state index in [1.807, 2.05) is 30.3 Å². The minimum atomic E-state index is -0.323. The maximum Gasteiger partial charge on any atom is 0.282 e. The number of hydrogen-bond acceptors (Lipinski definition) is 7. The van der Waals surface area contributed by atoms with E-state index in [9.17, 15) is 9.59 Å². The number of anilines is 1. The first-order valence-electron chi connectivity index (χ1n) is 13.5. The Hall–Kier alpha value is -4.18. The number of carbonyl (C=O) groups is 1. The number of hydrogen-bond donors (Lipinski definition) is 1. The molecule has 3 aromatic carbocycles. The maximum absolute atomic E-state index is 13.6. The highest BCUT2D eigenvalue weighted by molar-refractivity contribution is 9.10. The van der Waals surface area contributed by atoms with Crippen molar-refractivity contribution in [1.82, 2.24) is 9.66 Å². The lowest BCUT2D eigenvalue weighted by Crippen LogP contribution is -2.25. The SMILES string of the molecule is COc1cc(C=Nn2c(C3CCCCC3)nc3ccc(Br)cc3c2=O)cc(OC)c1OCC(=O)Nc1ccccc1. The van der Waals surface area contributed by atoms with Crippen molar-refractivity contribution in [2.24, 2.45) is 5.10 Å². The highest BCUT2D eigenvalue weighted by Gasteiger charge is 2.23. The van der Waals surface area contributed by atoms with Gasteiger partial charge in [0, 0.05) is 21.6 Å². The summed E-state index contributed by atoms with van der Waals surface area (Å²) in [7, 11) is 3.01. The molecule has 4 aromatic rings. The van der Waals surface area contributed by atoms with E-state index in [4.69, 9.17) is 19.2 Å². The molecule has 0 unspecified atom stereocenters. The maximum atomic E-state index is 13.6. The molecule has 0 spiro atoms. The number of aromatic nitrogens is 2. The zero-order valence-electron chi connectivity index (χ0n) is 22.9. The van der Waals surface area contributed by atoms with E-state index in [0.29, 0.717) is 39.5 Å². The highest BCUT2D eigenvalue weighted by atomic mass is 79.9. The quantitative estimate of drug-likeness (QED) is 0.227. The summed E-state index contributed by atoms with van der Waals surface area (Å²) < 4.78 is 19.1. The predicted molar refractivity (Wildman–Crippen MR) is 163 cm³/mol. The lowest BCUT2D eigenvalue weighted by molar-refractivity contribution is -0.118. The third-order valence-electron chi connectivity index (χ3n) is 7.01. The number of amides is 1. The van der Waals surface area contributed by atoms with Crippen LogP contribution in [-0.2, 0) is 4.79 Å². The van der Waals surface area contributed by atoms with Crippen molar-refractivity contribution in [1.29, 1.82) is 0 Å². The van der Waals surface area contributed by atoms with Gasteiger partial charge in [-0.3, -0.25) is 9.59 Å². The molecule has 1 amide bonds. The highest BCUT2D eigenvalue weighted by Crippen LogP contribution is 2.38. The monoisotopic (exact) mass is 618 g/mol. The van der Waals surface area contributed by atoms with E-state index in [2.05, 4.69) is 26.3 Å². The Labute approximate surface area is 246 Å². The Balaban J connectivity index is 1.45. The first-order valence-corrected chi connectivity index (χ1v) is 14.3. The molecule has 41 heavy (non-hydrogen) atoms. The number of carbonyl (C=O) groups excluding carboxylic acids is 1. The van der Waals surface area contributed by atoms with Crippen LogP contribution < -0.4 is 25.1 Å². The van der Waals surface area contributed by atoms with Crippen LogP contribution in [0.25, 0.3) is 10.9 Å². The van der Waals surface area contributed by atoms with Gasteiger partial charge in [0.15, 0.2) is 18.1 Å². The molecule has 0 radical (unpaired) electrons. The number of halogens is 1. The van der Waals surface area contributed by atoms with E-state index in [1.165, 1.54) is 25.3 Å². The molecule has 1 heterocycles. The van der Waals surface area contributed by atoms with Gasteiger partial charge in [0.2, 0.25) is 5.75 Å². The second-order valence-electron chi connectivity index (χ2n) is 9.79. The molecular formula is C31H31BrN4O5. The fourth-order valence-electron chi connectivity index (χ4n) is 5.00. The first-order chi connectivity index (χ1) is 20.0. The smallest absolute Gasteiger partial charge is 0.282 e. The minimum absolute atomic E-state index is 0.156. The lowest BCUT2D eigenvalue weighted by atomic mass is 9.88. The van der Waals surface area contributed by atoms with Gasteiger partial charge < -0.3 is 19.5 Å². The van der Waals surface area contributed by atoms with Crippen molar-refractivity contribution in [2.75, 3.05) is 26.1 Å². The number of fused-ring (bicyclic) bond motifs is 1. The average molecular weight is 620 g/mol. The van der Waals surface area contributed by atoms with Gasteiger partial charge in [0.1, 0.15) is 5.82 Å². The van der Waals surface area contributed by atoms with Gasteiger partial charge in [-0.2, -0.15) is 9.78 Å². The van der Waals surface area contributed by atoms with E-state index in [0.717, 1.165) is 30.2 Å². The molecule has 1 N–H and O–H groups in total. The summed E-state index contributed by atoms with van der Waals surface area (Å²) in [5, 5.41) is 7.89. The van der Waals surface area contributed by atoms with Crippen LogP contribution in [0.15, 0.2) is 75.0 Å². The van der Waals surface area contributed by atoms with Crippen LogP contribution in [-0.4, -0.2) is 42.6 Å². The second kappa shape index (κ2) is 13.0. The van der Waals surface area contributed by atoms with Crippen molar-refractivity contribution in [3.63, 3.8) is 0 Å². The zero-order chi connectivity index (χ0) is 28.8. The van der Waals surface area contributed by atoms with Crippen LogP contribution >= 0.6 is 15.9 Å². The Morgan fingerprint density at radius 1 is 1.05 bits per heavy atom. The summed E-state index contributed by atoms with van der Waals surface area (Å²) in [6.07, 6.45) is 6.90. The number of nitrogens with one attached hydrogen (secondary N) is 1. The van der Waals surface area contributed by atoms with Crippen LogP contribution in [0.1, 0.15) is 49.4 Å². The van der Waals surface area contributed by atoms with Crippen molar-refractivity contribution in [2.45, 2.75) is 38.0 Å². The number of para-hydroxylation sites is 1. The van der Waals surface area contributed by atoms with E-state index in [1.54, 1.807) is 36.5 Å². The van der Waals surface area contributed by atoms with Crippen molar-refractivity contribution < 1.29 is 19.0 Å². The van der Waals surface area contributed by atoms with Crippen LogP contribution in [0, 0.1) is 0 Å². The molecule has 1 aliphatic carbocycles. The Bertz CT molecular complexity index is 1610. The minimum Gasteiger partial charge on any atom is -0.493 e. The molecule has 0 atom stereocenters. The third-order valence-corrected chi connectivity index (χ3v) is 7.51. The average Bonchev–Trinajstić information content (AvgIpc) is 3.00. The van der Waals surface area contributed by atoms with E-state index in [-0.39, 0.29) is 29.7 Å². The van der Waals surface area contributed by atoms with Crippen LogP contribution in [0.5, 0.6) is 17.2 Å². The van der Waals surface area contributed by atoms with Gasteiger partial charge >= 0.3 is 0 Å². The lowest BCUT2D eigenvalue weighted by Gasteiger charge is -2.22. The van der Waals surface area contributed by atoms with E-state index >= 15 is 0 Å². The van der Waals surface area contributed by atoms with Gasteiger partial charge in [-0.15, -0.1) is 0 Å². The fraction of sp³-hybridized carbons (Fsp3) is 0.290. The van der Waals surface area contributed by atoms with Gasteiger partial charge in [-0.05, 0) is 55.3 Å². The van der Waals surface area contributed by atoms with E-state index < -0.39 is 0 Å². The van der Waals surface area contributed by atoms with Crippen molar-refractivity contribution in [3.8, 4) is 17.2 Å². The van der Waals surface area contributed by atoms with Gasteiger partial charge in [0.05, 0.1) is 31.3 Å². The molecular weight excluding hydrogens is 588 g/mol. The van der Waals surface area contributed by atoms with Crippen LogP contribution in [0.4, 0.5) is 5.69 Å². The molecule has 212 valence electrons. The first kappa shape index (κ1) is 28.4. The molecule has 1 saturated carbocycles. The predicted octanol–water partition coefficient (Wildman–Crippen LogP) is 6.12. The summed E-state index contributed by atoms with van der Waals surface area (Å²) in [5.74, 6) is 1.51. The summed E-state index contributed by atoms with van der Waals surface area (Å²) in [4.78, 5) is 31.0. The molecule has 10 heteroatoms. The molecule has 0 aliphatic heterocycles. The number of methoxy groups -OCH3 is 2. The Morgan fingerprint density at radius 2 is 1.76 bits per heavy atom. The van der Waals surface area contributed by atoms with Crippen LogP contribution in [0.3, 0.4) is 0 Å². The fourth-order valence-corrected chi connectivity index (χ4v) is 5.36. The zero-order valence-corrected chi connectivity index (χ0v) is 24.5. The number of ether oxygens (including phenoxy) is 3. The topological polar surface area (TPSA) is 104 Å². The molecule has 9 nitrogen and oxygen atoms in total. The second-order valence-corrected chi connectivity index (χ2v) is 10.7. The standard InChI is InChI=1S/C31H31BrN4O5/c1-39-26-15-20(16-27(40-2)29(26)41-19-28(37)34-23-11-7-4-8-12-23)18-33-36-30(21-9-5-3-6-10-21)35-25-14-13-22(32)17-24(25)31(36)38/h4,7-8,11-18,21H,3,5-6,9-10,19H2,1-2H3,(H,34,37). The number of rotatable bonds is 9. The molecule has 5 rings (SSSR count). The summed E-state index contributed by atoms with van der Waals surface area (Å²) in [5.41, 5.74) is 1.73.